The lowest BCUT2D eigenvalue weighted by Crippen LogP contribution is -2.21. The van der Waals surface area contributed by atoms with Crippen molar-refractivity contribution < 1.29 is 14.8 Å². The van der Waals surface area contributed by atoms with Crippen molar-refractivity contribution in [2.75, 3.05) is 0 Å². The van der Waals surface area contributed by atoms with Gasteiger partial charge in [0.15, 0.2) is 0 Å². The number of nitro groups is 1. The van der Waals surface area contributed by atoms with Gasteiger partial charge >= 0.3 is 5.97 Å². The minimum Gasteiger partial charge on any atom is -0.478 e. The Morgan fingerprint density at radius 3 is 3.00 bits per heavy atom. The lowest BCUT2D eigenvalue weighted by molar-refractivity contribution is -0.523. The van der Waals surface area contributed by atoms with Crippen LogP contribution in [0, 0.1) is 10.1 Å². The normalized spacial score (nSPS) is 22.0. The van der Waals surface area contributed by atoms with E-state index in [1.54, 1.807) is 0 Å². The molecular formula is C9H11NO4. The fourth-order valence-corrected chi connectivity index (χ4v) is 1.41. The van der Waals surface area contributed by atoms with Crippen LogP contribution in [-0.2, 0) is 4.79 Å². The molecule has 0 aromatic rings. The van der Waals surface area contributed by atoms with Crippen LogP contribution in [0.4, 0.5) is 0 Å². The average Bonchev–Trinajstić information content (AvgIpc) is 2.15. The van der Waals surface area contributed by atoms with E-state index >= 15 is 0 Å². The fraction of sp³-hybridized carbons (Fsp3) is 0.444. The van der Waals surface area contributed by atoms with Gasteiger partial charge in [-0.05, 0) is 12.0 Å². The van der Waals surface area contributed by atoms with E-state index in [4.69, 9.17) is 5.11 Å². The third-order valence-electron chi connectivity index (χ3n) is 2.12. The minimum atomic E-state index is -1.03. The molecule has 0 aromatic heterocycles. The van der Waals surface area contributed by atoms with Crippen LogP contribution in [0.1, 0.15) is 19.3 Å². The summed E-state index contributed by atoms with van der Waals surface area (Å²) in [6, 6.07) is -0.562. The van der Waals surface area contributed by atoms with Crippen LogP contribution in [-0.4, -0.2) is 22.0 Å². The number of aliphatic carboxylic acids is 1. The topological polar surface area (TPSA) is 80.4 Å². The van der Waals surface area contributed by atoms with Gasteiger partial charge in [-0.1, -0.05) is 12.2 Å². The number of carboxylic acids is 1. The molecule has 76 valence electrons. The lowest BCUT2D eigenvalue weighted by Gasteiger charge is -2.13. The molecule has 1 aliphatic rings. The Morgan fingerprint density at radius 2 is 2.43 bits per heavy atom. The van der Waals surface area contributed by atoms with Crippen molar-refractivity contribution in [2.45, 2.75) is 25.3 Å². The lowest BCUT2D eigenvalue weighted by atomic mass is 9.95. The van der Waals surface area contributed by atoms with Gasteiger partial charge in [-0.25, -0.2) is 4.79 Å². The van der Waals surface area contributed by atoms with Gasteiger partial charge in [-0.15, -0.1) is 0 Å². The highest BCUT2D eigenvalue weighted by molar-refractivity contribution is 5.80. The molecule has 1 rings (SSSR count). The molecule has 0 unspecified atom stereocenters. The number of carboxylic acid groups (broad SMARTS) is 1. The zero-order valence-corrected chi connectivity index (χ0v) is 7.55. The first-order valence-electron chi connectivity index (χ1n) is 4.33. The fourth-order valence-electron chi connectivity index (χ4n) is 1.41. The standard InChI is InChI=1S/C9H11NO4/c11-9(12)5-4-7-2-1-3-8(6-7)10(13)14/h2,4-5,8H,1,3,6H2,(H,11,12)/b5-4+/t8-/m0/s1. The van der Waals surface area contributed by atoms with Crippen LogP contribution < -0.4 is 0 Å². The zero-order valence-electron chi connectivity index (χ0n) is 7.55. The number of rotatable bonds is 3. The highest BCUT2D eigenvalue weighted by Gasteiger charge is 2.23. The van der Waals surface area contributed by atoms with Gasteiger partial charge in [-0.3, -0.25) is 10.1 Å². The Bertz CT molecular complexity index is 306. The monoisotopic (exact) mass is 197 g/mol. The van der Waals surface area contributed by atoms with Crippen LogP contribution in [0.5, 0.6) is 0 Å². The first-order valence-corrected chi connectivity index (χ1v) is 4.33. The second kappa shape index (κ2) is 4.55. The third kappa shape index (κ3) is 3.01. The predicted molar refractivity (Wildman–Crippen MR) is 49.5 cm³/mol. The number of carbonyl (C=O) groups is 1. The summed E-state index contributed by atoms with van der Waals surface area (Å²) in [6.07, 6.45) is 5.80. The molecular weight excluding hydrogens is 186 g/mol. The number of allylic oxidation sites excluding steroid dienone is 2. The molecule has 0 bridgehead atoms. The van der Waals surface area contributed by atoms with Gasteiger partial charge in [0.05, 0.1) is 0 Å². The predicted octanol–water partition coefficient (Wildman–Crippen LogP) is 1.38. The second-order valence-corrected chi connectivity index (χ2v) is 3.17. The quantitative estimate of drug-likeness (QED) is 0.421. The van der Waals surface area contributed by atoms with Crippen LogP contribution in [0.25, 0.3) is 0 Å². The Balaban J connectivity index is 2.59. The number of nitrogens with zero attached hydrogens (tertiary/aromatic N) is 1. The van der Waals surface area contributed by atoms with Crippen molar-refractivity contribution in [1.82, 2.24) is 0 Å². The van der Waals surface area contributed by atoms with Gasteiger partial charge in [0, 0.05) is 23.8 Å². The van der Waals surface area contributed by atoms with Gasteiger partial charge in [-0.2, -0.15) is 0 Å². The Hall–Kier alpha value is -1.65. The van der Waals surface area contributed by atoms with Crippen LogP contribution in [0.2, 0.25) is 0 Å². The number of hydrogen-bond acceptors (Lipinski definition) is 3. The summed E-state index contributed by atoms with van der Waals surface area (Å²) in [5.74, 6) is -1.03. The summed E-state index contributed by atoms with van der Waals surface area (Å²) in [6.45, 7) is 0. The second-order valence-electron chi connectivity index (χ2n) is 3.17. The maximum atomic E-state index is 10.5. The zero-order chi connectivity index (χ0) is 10.6. The van der Waals surface area contributed by atoms with E-state index in [1.807, 2.05) is 6.08 Å². The summed E-state index contributed by atoms with van der Waals surface area (Å²) < 4.78 is 0. The van der Waals surface area contributed by atoms with E-state index in [9.17, 15) is 14.9 Å². The Labute approximate surface area is 80.9 Å². The summed E-state index contributed by atoms with van der Waals surface area (Å²) in [4.78, 5) is 20.4. The molecule has 0 saturated carbocycles. The molecule has 0 aliphatic heterocycles. The van der Waals surface area contributed by atoms with E-state index < -0.39 is 12.0 Å². The van der Waals surface area contributed by atoms with Crippen LogP contribution in [0.15, 0.2) is 23.8 Å². The van der Waals surface area contributed by atoms with Crippen LogP contribution in [0.3, 0.4) is 0 Å². The maximum Gasteiger partial charge on any atom is 0.328 e. The molecule has 1 N–H and O–H groups in total. The molecule has 5 nitrogen and oxygen atoms in total. The molecule has 0 radical (unpaired) electrons. The molecule has 0 amide bonds. The Morgan fingerprint density at radius 1 is 1.71 bits per heavy atom. The molecule has 0 heterocycles. The van der Waals surface area contributed by atoms with Gasteiger partial charge in [0.25, 0.3) is 0 Å². The molecule has 0 fully saturated rings. The average molecular weight is 197 g/mol. The van der Waals surface area contributed by atoms with E-state index in [0.717, 1.165) is 11.6 Å². The Kier molecular flexibility index (Phi) is 3.39. The molecule has 14 heavy (non-hydrogen) atoms. The van der Waals surface area contributed by atoms with Gasteiger partial charge in [0.2, 0.25) is 6.04 Å². The smallest absolute Gasteiger partial charge is 0.328 e. The summed E-state index contributed by atoms with van der Waals surface area (Å²) in [5, 5.41) is 18.8. The van der Waals surface area contributed by atoms with Gasteiger partial charge < -0.3 is 5.11 Å². The summed E-state index contributed by atoms with van der Waals surface area (Å²) in [5.41, 5.74) is 0.736. The van der Waals surface area contributed by atoms with Crippen molar-refractivity contribution in [3.63, 3.8) is 0 Å². The van der Waals surface area contributed by atoms with Crippen molar-refractivity contribution >= 4 is 5.97 Å². The van der Waals surface area contributed by atoms with Crippen molar-refractivity contribution in [3.05, 3.63) is 33.9 Å². The first-order chi connectivity index (χ1) is 6.59. The minimum absolute atomic E-state index is 0.304. The molecule has 0 aromatic carbocycles. The van der Waals surface area contributed by atoms with Crippen molar-refractivity contribution in [3.8, 4) is 0 Å². The molecule has 0 saturated heterocycles. The highest BCUT2D eigenvalue weighted by Crippen LogP contribution is 2.21. The third-order valence-corrected chi connectivity index (χ3v) is 2.12. The van der Waals surface area contributed by atoms with Crippen molar-refractivity contribution in [1.29, 1.82) is 0 Å². The SMILES string of the molecule is O=C(O)/C=C/C1=CCC[C@H]([N+](=O)[O-])C1. The van der Waals surface area contributed by atoms with E-state index in [1.165, 1.54) is 6.08 Å². The van der Waals surface area contributed by atoms with Gasteiger partial charge in [0.1, 0.15) is 0 Å². The largest absolute Gasteiger partial charge is 0.478 e. The van der Waals surface area contributed by atoms with Crippen LogP contribution >= 0.6 is 0 Å². The first kappa shape index (κ1) is 10.4. The molecule has 5 heteroatoms. The summed E-state index contributed by atoms with van der Waals surface area (Å²) in [7, 11) is 0. The van der Waals surface area contributed by atoms with E-state index in [2.05, 4.69) is 0 Å². The molecule has 1 aliphatic carbocycles. The molecule has 0 spiro atoms. The molecule has 1 atom stereocenters. The van der Waals surface area contributed by atoms with Crippen molar-refractivity contribution in [2.24, 2.45) is 0 Å². The highest BCUT2D eigenvalue weighted by atomic mass is 16.6. The van der Waals surface area contributed by atoms with E-state index in [0.29, 0.717) is 19.3 Å². The number of hydrogen-bond donors (Lipinski definition) is 1. The maximum absolute atomic E-state index is 10.5. The van der Waals surface area contributed by atoms with E-state index in [-0.39, 0.29) is 4.92 Å². The summed E-state index contributed by atoms with van der Waals surface area (Å²) >= 11 is 0.